The van der Waals surface area contributed by atoms with E-state index in [1.807, 2.05) is 6.92 Å². The minimum atomic E-state index is 0.899. The molecule has 0 bridgehead atoms. The first-order chi connectivity index (χ1) is 3.43. The third-order valence-corrected chi connectivity index (χ3v) is 1.20. The Balaban J connectivity index is 1.80. The lowest BCUT2D eigenvalue weighted by Gasteiger charge is -1.92. The number of hydrogen-bond donors (Lipinski definition) is 0. The molecule has 1 saturated carbocycles. The Morgan fingerprint density at radius 2 is 2.43 bits per heavy atom. The second kappa shape index (κ2) is 2.31. The molecule has 0 N–H and O–H groups in total. The lowest BCUT2D eigenvalue weighted by molar-refractivity contribution is 0.191. The molecule has 0 saturated heterocycles. The Labute approximate surface area is 44.7 Å². The SMILES string of the molecule is C[CH]OCC1CC1. The summed E-state index contributed by atoms with van der Waals surface area (Å²) < 4.78 is 5.03. The predicted molar refractivity (Wildman–Crippen MR) is 28.6 cm³/mol. The van der Waals surface area contributed by atoms with Gasteiger partial charge in [-0.05, 0) is 25.7 Å². The monoisotopic (exact) mass is 99.1 g/mol. The summed E-state index contributed by atoms with van der Waals surface area (Å²) >= 11 is 0. The van der Waals surface area contributed by atoms with Crippen LogP contribution in [0.2, 0.25) is 0 Å². The maximum atomic E-state index is 5.03. The van der Waals surface area contributed by atoms with Gasteiger partial charge < -0.3 is 4.74 Å². The highest BCUT2D eigenvalue weighted by Gasteiger charge is 2.20. The van der Waals surface area contributed by atoms with Gasteiger partial charge in [0.05, 0.1) is 6.61 Å². The quantitative estimate of drug-likeness (QED) is 0.522. The molecule has 0 heterocycles. The third-order valence-electron chi connectivity index (χ3n) is 1.20. The van der Waals surface area contributed by atoms with Crippen molar-refractivity contribution in [3.63, 3.8) is 0 Å². The Hall–Kier alpha value is -0.0400. The fourth-order valence-electron chi connectivity index (χ4n) is 0.517. The van der Waals surface area contributed by atoms with E-state index in [9.17, 15) is 0 Å². The average molecular weight is 99.2 g/mol. The van der Waals surface area contributed by atoms with E-state index in [0.29, 0.717) is 0 Å². The zero-order valence-electron chi connectivity index (χ0n) is 4.68. The van der Waals surface area contributed by atoms with Gasteiger partial charge >= 0.3 is 0 Å². The van der Waals surface area contributed by atoms with Crippen molar-refractivity contribution in [2.45, 2.75) is 19.8 Å². The molecule has 1 rings (SSSR count). The lowest BCUT2D eigenvalue weighted by atomic mass is 10.5. The van der Waals surface area contributed by atoms with Crippen molar-refractivity contribution in [2.24, 2.45) is 5.92 Å². The molecular weight excluding hydrogens is 88.1 g/mol. The standard InChI is InChI=1S/C6H11O/c1-2-7-5-6-3-4-6/h2,6H,3-5H2,1H3. The van der Waals surface area contributed by atoms with Crippen LogP contribution >= 0.6 is 0 Å². The van der Waals surface area contributed by atoms with Crippen LogP contribution in [0.3, 0.4) is 0 Å². The van der Waals surface area contributed by atoms with Crippen molar-refractivity contribution in [2.75, 3.05) is 6.61 Å². The highest BCUT2D eigenvalue weighted by Crippen LogP contribution is 2.28. The van der Waals surface area contributed by atoms with E-state index in [4.69, 9.17) is 4.74 Å². The second-order valence-electron chi connectivity index (χ2n) is 2.01. The zero-order valence-corrected chi connectivity index (χ0v) is 4.68. The molecule has 0 amide bonds. The Bertz CT molecular complexity index is 48.1. The highest BCUT2D eigenvalue weighted by atomic mass is 16.5. The van der Waals surface area contributed by atoms with Gasteiger partial charge in [0.2, 0.25) is 0 Å². The molecule has 1 radical (unpaired) electrons. The van der Waals surface area contributed by atoms with Gasteiger partial charge in [-0.15, -0.1) is 0 Å². The molecule has 0 aliphatic heterocycles. The molecule has 0 unspecified atom stereocenters. The molecule has 0 aromatic carbocycles. The first kappa shape index (κ1) is 5.10. The van der Waals surface area contributed by atoms with Gasteiger partial charge in [-0.1, -0.05) is 0 Å². The smallest absolute Gasteiger partial charge is 0.0806 e. The van der Waals surface area contributed by atoms with Gasteiger partial charge in [0.15, 0.2) is 0 Å². The molecule has 1 heteroatoms. The van der Waals surface area contributed by atoms with Crippen LogP contribution in [0.1, 0.15) is 19.8 Å². The van der Waals surface area contributed by atoms with Crippen LogP contribution in [0.4, 0.5) is 0 Å². The summed E-state index contributed by atoms with van der Waals surface area (Å²) in [5, 5.41) is 0. The van der Waals surface area contributed by atoms with Crippen LogP contribution in [0, 0.1) is 12.5 Å². The first-order valence-electron chi connectivity index (χ1n) is 2.83. The molecule has 1 fully saturated rings. The van der Waals surface area contributed by atoms with Crippen LogP contribution in [0.25, 0.3) is 0 Å². The fourth-order valence-corrected chi connectivity index (χ4v) is 0.517. The Morgan fingerprint density at radius 1 is 1.71 bits per heavy atom. The molecular formula is C6H11O. The van der Waals surface area contributed by atoms with Gasteiger partial charge in [-0.2, -0.15) is 0 Å². The van der Waals surface area contributed by atoms with Crippen molar-refractivity contribution in [1.29, 1.82) is 0 Å². The average Bonchev–Trinajstić information content (AvgIpc) is 2.42. The Kier molecular flexibility index (Phi) is 1.69. The summed E-state index contributed by atoms with van der Waals surface area (Å²) in [5.74, 6) is 0.899. The molecule has 1 aliphatic rings. The fraction of sp³-hybridized carbons (Fsp3) is 0.833. The minimum Gasteiger partial charge on any atom is -0.376 e. The van der Waals surface area contributed by atoms with Crippen molar-refractivity contribution in [1.82, 2.24) is 0 Å². The topological polar surface area (TPSA) is 9.23 Å². The van der Waals surface area contributed by atoms with Crippen LogP contribution in [-0.2, 0) is 4.74 Å². The summed E-state index contributed by atoms with van der Waals surface area (Å²) in [6, 6.07) is 0. The third kappa shape index (κ3) is 1.93. The molecule has 0 aromatic heterocycles. The summed E-state index contributed by atoms with van der Waals surface area (Å²) in [6.07, 6.45) is 2.77. The maximum absolute atomic E-state index is 5.03. The molecule has 0 atom stereocenters. The molecule has 0 aromatic rings. The molecule has 41 valence electrons. The van der Waals surface area contributed by atoms with E-state index in [1.165, 1.54) is 12.8 Å². The summed E-state index contributed by atoms with van der Waals surface area (Å²) in [5.41, 5.74) is 0. The van der Waals surface area contributed by atoms with Crippen LogP contribution in [0.5, 0.6) is 0 Å². The molecule has 7 heavy (non-hydrogen) atoms. The lowest BCUT2D eigenvalue weighted by Crippen LogP contribution is -1.89. The van der Waals surface area contributed by atoms with Crippen molar-refractivity contribution in [3.8, 4) is 0 Å². The molecule has 0 spiro atoms. The summed E-state index contributed by atoms with van der Waals surface area (Å²) in [6.45, 7) is 4.64. The van der Waals surface area contributed by atoms with E-state index < -0.39 is 0 Å². The largest absolute Gasteiger partial charge is 0.376 e. The van der Waals surface area contributed by atoms with Crippen LogP contribution < -0.4 is 0 Å². The van der Waals surface area contributed by atoms with E-state index in [2.05, 4.69) is 0 Å². The van der Waals surface area contributed by atoms with Crippen molar-refractivity contribution in [3.05, 3.63) is 6.61 Å². The van der Waals surface area contributed by atoms with Gasteiger partial charge in [0.1, 0.15) is 0 Å². The second-order valence-corrected chi connectivity index (χ2v) is 2.01. The number of hydrogen-bond acceptors (Lipinski definition) is 1. The van der Waals surface area contributed by atoms with E-state index in [1.54, 1.807) is 6.61 Å². The van der Waals surface area contributed by atoms with Crippen LogP contribution in [0.15, 0.2) is 0 Å². The zero-order chi connectivity index (χ0) is 5.11. The number of rotatable bonds is 3. The Morgan fingerprint density at radius 3 is 2.86 bits per heavy atom. The van der Waals surface area contributed by atoms with Crippen molar-refractivity contribution < 1.29 is 4.74 Å². The summed E-state index contributed by atoms with van der Waals surface area (Å²) in [4.78, 5) is 0. The predicted octanol–water partition coefficient (Wildman–Crippen LogP) is 1.59. The summed E-state index contributed by atoms with van der Waals surface area (Å²) in [7, 11) is 0. The first-order valence-corrected chi connectivity index (χ1v) is 2.83. The van der Waals surface area contributed by atoms with E-state index >= 15 is 0 Å². The maximum Gasteiger partial charge on any atom is 0.0806 e. The van der Waals surface area contributed by atoms with Gasteiger partial charge in [-0.3, -0.25) is 0 Å². The van der Waals surface area contributed by atoms with Crippen molar-refractivity contribution >= 4 is 0 Å². The highest BCUT2D eigenvalue weighted by molar-refractivity contribution is 4.72. The van der Waals surface area contributed by atoms with Crippen LogP contribution in [-0.4, -0.2) is 6.61 Å². The van der Waals surface area contributed by atoms with E-state index in [0.717, 1.165) is 12.5 Å². The van der Waals surface area contributed by atoms with Gasteiger partial charge in [0.25, 0.3) is 0 Å². The normalized spacial score (nSPS) is 20.1. The van der Waals surface area contributed by atoms with E-state index in [-0.39, 0.29) is 0 Å². The molecule has 1 aliphatic carbocycles. The molecule has 1 nitrogen and oxygen atoms in total. The van der Waals surface area contributed by atoms with Gasteiger partial charge in [0, 0.05) is 6.61 Å². The van der Waals surface area contributed by atoms with Gasteiger partial charge in [-0.25, -0.2) is 0 Å². The number of ether oxygens (including phenoxy) is 1. The minimum absolute atomic E-state index is 0.899.